The van der Waals surface area contributed by atoms with Crippen LogP contribution >= 0.6 is 24.0 Å². The smallest absolute Gasteiger partial charge is 0.226 e. The van der Waals surface area contributed by atoms with Crippen LogP contribution in [0, 0.1) is 13.8 Å². The number of hydrogen-bond donors (Lipinski definition) is 3. The molecule has 31 heavy (non-hydrogen) atoms. The predicted octanol–water partition coefficient (Wildman–Crippen LogP) is 4.97. The molecule has 4 rings (SSSR count). The van der Waals surface area contributed by atoms with Crippen LogP contribution in [0.4, 0.5) is 0 Å². The van der Waals surface area contributed by atoms with Gasteiger partial charge >= 0.3 is 0 Å². The number of aromatic nitrogens is 2. The lowest BCUT2D eigenvalue weighted by Crippen LogP contribution is -2.37. The number of H-pyrrole nitrogens is 1. The third kappa shape index (κ3) is 5.46. The number of rotatable bonds is 6. The number of aryl methyl sites for hydroxylation is 2. The van der Waals surface area contributed by atoms with Crippen molar-refractivity contribution in [1.82, 2.24) is 20.6 Å². The Morgan fingerprint density at radius 1 is 1.10 bits per heavy atom. The first-order valence-corrected chi connectivity index (χ1v) is 10.2. The van der Waals surface area contributed by atoms with Gasteiger partial charge in [-0.25, -0.2) is 4.98 Å². The molecule has 0 aliphatic carbocycles. The highest BCUT2D eigenvalue weighted by Gasteiger charge is 2.08. The van der Waals surface area contributed by atoms with E-state index < -0.39 is 0 Å². The summed E-state index contributed by atoms with van der Waals surface area (Å²) < 4.78 is 5.62. The summed E-state index contributed by atoms with van der Waals surface area (Å²) in [5.41, 5.74) is 6.80. The minimum absolute atomic E-state index is 0. The summed E-state index contributed by atoms with van der Waals surface area (Å²) in [4.78, 5) is 12.2. The summed E-state index contributed by atoms with van der Waals surface area (Å²) in [6.07, 6.45) is 4.69. The van der Waals surface area contributed by atoms with Crippen LogP contribution in [0.15, 0.2) is 64.3 Å². The second-order valence-corrected chi connectivity index (χ2v) is 7.42. The van der Waals surface area contributed by atoms with Gasteiger partial charge in [0.25, 0.3) is 0 Å². The zero-order valence-electron chi connectivity index (χ0n) is 18.0. The largest absolute Gasteiger partial charge is 0.444 e. The zero-order valence-corrected chi connectivity index (χ0v) is 20.4. The van der Waals surface area contributed by atoms with Gasteiger partial charge < -0.3 is 20.0 Å². The van der Waals surface area contributed by atoms with Crippen molar-refractivity contribution < 1.29 is 4.42 Å². The first kappa shape index (κ1) is 22.9. The first-order chi connectivity index (χ1) is 14.6. The van der Waals surface area contributed by atoms with E-state index in [1.54, 1.807) is 13.3 Å². The molecule has 0 saturated heterocycles. The van der Waals surface area contributed by atoms with Crippen molar-refractivity contribution in [3.05, 3.63) is 77.3 Å². The molecule has 0 unspecified atom stereocenters. The van der Waals surface area contributed by atoms with Gasteiger partial charge in [0.05, 0.1) is 12.2 Å². The molecule has 3 N–H and O–H groups in total. The van der Waals surface area contributed by atoms with Crippen LogP contribution in [0.5, 0.6) is 0 Å². The van der Waals surface area contributed by atoms with Gasteiger partial charge in [-0.15, -0.1) is 24.0 Å². The zero-order chi connectivity index (χ0) is 20.9. The Kier molecular flexibility index (Phi) is 7.73. The van der Waals surface area contributed by atoms with Crippen molar-refractivity contribution in [3.8, 4) is 11.5 Å². The highest BCUT2D eigenvalue weighted by Crippen LogP contribution is 2.21. The third-order valence-electron chi connectivity index (χ3n) is 5.21. The van der Waals surface area contributed by atoms with E-state index in [4.69, 9.17) is 4.42 Å². The molecule has 0 spiro atoms. The van der Waals surface area contributed by atoms with E-state index in [9.17, 15) is 0 Å². The van der Waals surface area contributed by atoms with Crippen LogP contribution in [0.2, 0.25) is 0 Å². The number of hydrogen-bond acceptors (Lipinski definition) is 3. The molecular formula is C24H28IN5O. The Bertz CT molecular complexity index is 1160. The lowest BCUT2D eigenvalue weighted by molar-refractivity contribution is 0.572. The second kappa shape index (κ2) is 10.5. The first-order valence-electron chi connectivity index (χ1n) is 10.2. The van der Waals surface area contributed by atoms with Crippen molar-refractivity contribution in [2.45, 2.75) is 26.8 Å². The number of halogens is 1. The van der Waals surface area contributed by atoms with Gasteiger partial charge in [-0.3, -0.25) is 4.99 Å². The lowest BCUT2D eigenvalue weighted by Gasteiger charge is -2.10. The Morgan fingerprint density at radius 3 is 2.68 bits per heavy atom. The predicted molar refractivity (Wildman–Crippen MR) is 137 cm³/mol. The normalized spacial score (nSPS) is 11.4. The van der Waals surface area contributed by atoms with Crippen molar-refractivity contribution in [1.29, 1.82) is 0 Å². The van der Waals surface area contributed by atoms with Crippen molar-refractivity contribution in [2.75, 3.05) is 13.6 Å². The second-order valence-electron chi connectivity index (χ2n) is 7.42. The molecule has 0 aliphatic heterocycles. The van der Waals surface area contributed by atoms with Crippen molar-refractivity contribution in [3.63, 3.8) is 0 Å². The van der Waals surface area contributed by atoms with Crippen LogP contribution in [0.1, 0.15) is 22.4 Å². The number of nitrogens with zero attached hydrogens (tertiary/aromatic N) is 2. The van der Waals surface area contributed by atoms with E-state index in [0.29, 0.717) is 12.4 Å². The fourth-order valence-electron chi connectivity index (χ4n) is 3.50. The number of nitrogens with one attached hydrogen (secondary N) is 3. The van der Waals surface area contributed by atoms with Crippen LogP contribution in [0.25, 0.3) is 22.4 Å². The maximum atomic E-state index is 5.62. The van der Waals surface area contributed by atoms with Crippen LogP contribution in [-0.2, 0) is 13.0 Å². The van der Waals surface area contributed by atoms with Gasteiger partial charge in [-0.1, -0.05) is 35.9 Å². The van der Waals surface area contributed by atoms with Crippen LogP contribution in [0.3, 0.4) is 0 Å². The maximum absolute atomic E-state index is 5.62. The molecule has 2 aromatic heterocycles. The number of oxazole rings is 1. The maximum Gasteiger partial charge on any atom is 0.226 e. The Balaban J connectivity index is 0.00000272. The van der Waals surface area contributed by atoms with E-state index in [0.717, 1.165) is 30.2 Å². The summed E-state index contributed by atoms with van der Waals surface area (Å²) in [7, 11) is 1.77. The van der Waals surface area contributed by atoms with Crippen LogP contribution in [-0.4, -0.2) is 29.5 Å². The SMILES string of the molecule is CN=C(NCCc1c[nH]c2c(C)cccc12)NCc1coc(-c2ccc(C)cc2)n1.I. The van der Waals surface area contributed by atoms with Gasteiger partial charge in [0.2, 0.25) is 5.89 Å². The highest BCUT2D eigenvalue weighted by molar-refractivity contribution is 14.0. The fourth-order valence-corrected chi connectivity index (χ4v) is 3.50. The van der Waals surface area contributed by atoms with E-state index in [1.165, 1.54) is 27.6 Å². The standard InChI is InChI=1S/C24H27N5O.HI/c1-16-7-9-18(10-8-16)23-29-20(15-30-23)14-28-24(25-3)26-12-11-19-13-27-22-17(2)5-4-6-21(19)22;/h4-10,13,15,27H,11-12,14H2,1-3H3,(H2,25,26,28);1H. The summed E-state index contributed by atoms with van der Waals surface area (Å²) in [5.74, 6) is 1.37. The Labute approximate surface area is 199 Å². The number of aromatic amines is 1. The van der Waals surface area contributed by atoms with Crippen LogP contribution < -0.4 is 10.6 Å². The number of benzene rings is 2. The van der Waals surface area contributed by atoms with Crippen molar-refractivity contribution >= 4 is 40.8 Å². The molecule has 0 amide bonds. The average molecular weight is 529 g/mol. The lowest BCUT2D eigenvalue weighted by atomic mass is 10.1. The third-order valence-corrected chi connectivity index (χ3v) is 5.21. The molecule has 0 aliphatic rings. The highest BCUT2D eigenvalue weighted by atomic mass is 127. The van der Waals surface area contributed by atoms with E-state index >= 15 is 0 Å². The monoisotopic (exact) mass is 529 g/mol. The molecule has 0 fully saturated rings. The molecule has 6 nitrogen and oxygen atoms in total. The molecule has 0 atom stereocenters. The summed E-state index contributed by atoms with van der Waals surface area (Å²) in [6, 6.07) is 14.5. The Hall–Kier alpha value is -2.81. The minimum atomic E-state index is 0. The molecule has 2 heterocycles. The molecule has 2 aromatic carbocycles. The fraction of sp³-hybridized carbons (Fsp3) is 0.250. The minimum Gasteiger partial charge on any atom is -0.444 e. The van der Waals surface area contributed by atoms with Gasteiger partial charge in [0, 0.05) is 36.3 Å². The van der Waals surface area contributed by atoms with Gasteiger partial charge in [-0.2, -0.15) is 0 Å². The molecule has 4 aromatic rings. The van der Waals surface area contributed by atoms with Gasteiger partial charge in [-0.05, 0) is 43.5 Å². The average Bonchev–Trinajstić information content (AvgIpc) is 3.39. The molecular weight excluding hydrogens is 501 g/mol. The summed E-state index contributed by atoms with van der Waals surface area (Å²) >= 11 is 0. The van der Waals surface area contributed by atoms with E-state index in [-0.39, 0.29) is 24.0 Å². The number of aliphatic imine (C=N–C) groups is 1. The quantitative estimate of drug-likeness (QED) is 0.187. The van der Waals surface area contributed by atoms with E-state index in [2.05, 4.69) is 76.0 Å². The van der Waals surface area contributed by atoms with Gasteiger partial charge in [0.1, 0.15) is 6.26 Å². The number of para-hydroxylation sites is 1. The van der Waals surface area contributed by atoms with E-state index in [1.807, 2.05) is 12.1 Å². The molecule has 0 bridgehead atoms. The molecule has 0 saturated carbocycles. The topological polar surface area (TPSA) is 78.2 Å². The molecule has 162 valence electrons. The van der Waals surface area contributed by atoms with Crippen molar-refractivity contribution in [2.24, 2.45) is 4.99 Å². The molecule has 0 radical (unpaired) electrons. The molecule has 7 heteroatoms. The summed E-state index contributed by atoms with van der Waals surface area (Å²) in [5, 5.41) is 7.95. The van der Waals surface area contributed by atoms with Gasteiger partial charge in [0.15, 0.2) is 5.96 Å². The number of guanidine groups is 1. The Morgan fingerprint density at radius 2 is 1.90 bits per heavy atom. The number of fused-ring (bicyclic) bond motifs is 1. The summed E-state index contributed by atoms with van der Waals surface area (Å²) in [6.45, 7) is 5.52.